The Labute approximate surface area is 146 Å². The van der Waals surface area contributed by atoms with E-state index in [1.165, 1.54) is 18.4 Å². The first-order valence-corrected chi connectivity index (χ1v) is 9.16. The highest BCUT2D eigenvalue weighted by Gasteiger charge is 2.21. The first-order valence-electron chi connectivity index (χ1n) is 8.28. The summed E-state index contributed by atoms with van der Waals surface area (Å²) in [4.78, 5) is 20.3. The number of methoxy groups -OCH3 is 1. The van der Waals surface area contributed by atoms with Crippen molar-refractivity contribution in [2.24, 2.45) is 5.92 Å². The van der Waals surface area contributed by atoms with Gasteiger partial charge < -0.3 is 10.1 Å². The second-order valence-corrected chi connectivity index (χ2v) is 7.13. The SMILES string of the molecule is COc1ncccc1C(=O)NCC1CCCN(Cc2cccs2)C1. The van der Waals surface area contributed by atoms with E-state index in [4.69, 9.17) is 4.74 Å². The molecule has 2 aromatic heterocycles. The average Bonchev–Trinajstić information content (AvgIpc) is 3.13. The molecule has 2 aromatic rings. The van der Waals surface area contributed by atoms with Gasteiger partial charge in [-0.2, -0.15) is 0 Å². The number of pyridine rings is 1. The van der Waals surface area contributed by atoms with Gasteiger partial charge in [-0.1, -0.05) is 6.07 Å². The van der Waals surface area contributed by atoms with Crippen LogP contribution < -0.4 is 10.1 Å². The van der Waals surface area contributed by atoms with Crippen molar-refractivity contribution in [3.63, 3.8) is 0 Å². The minimum Gasteiger partial charge on any atom is -0.480 e. The van der Waals surface area contributed by atoms with E-state index in [0.29, 0.717) is 23.9 Å². The van der Waals surface area contributed by atoms with Crippen molar-refractivity contribution in [2.75, 3.05) is 26.7 Å². The lowest BCUT2D eigenvalue weighted by Crippen LogP contribution is -2.40. The zero-order valence-electron chi connectivity index (χ0n) is 13.9. The molecule has 128 valence electrons. The summed E-state index contributed by atoms with van der Waals surface area (Å²) in [6.07, 6.45) is 3.97. The molecule has 1 aliphatic rings. The molecule has 0 aromatic carbocycles. The number of carbonyl (C=O) groups excluding carboxylic acids is 1. The number of aromatic nitrogens is 1. The van der Waals surface area contributed by atoms with Crippen molar-refractivity contribution in [3.8, 4) is 5.88 Å². The third-order valence-corrected chi connectivity index (χ3v) is 5.18. The zero-order valence-corrected chi connectivity index (χ0v) is 14.7. The number of amides is 1. The molecule has 1 atom stereocenters. The number of ether oxygens (including phenoxy) is 1. The number of hydrogen-bond acceptors (Lipinski definition) is 5. The smallest absolute Gasteiger partial charge is 0.256 e. The summed E-state index contributed by atoms with van der Waals surface area (Å²) < 4.78 is 5.16. The van der Waals surface area contributed by atoms with Gasteiger partial charge in [-0.15, -0.1) is 11.3 Å². The lowest BCUT2D eigenvalue weighted by atomic mass is 9.98. The third kappa shape index (κ3) is 4.33. The number of piperidine rings is 1. The van der Waals surface area contributed by atoms with E-state index in [1.807, 2.05) is 0 Å². The molecule has 6 heteroatoms. The van der Waals surface area contributed by atoms with Gasteiger partial charge in [0.2, 0.25) is 5.88 Å². The van der Waals surface area contributed by atoms with Gasteiger partial charge in [-0.3, -0.25) is 9.69 Å². The normalized spacial score (nSPS) is 18.3. The Bertz CT molecular complexity index is 660. The predicted octanol–water partition coefficient (Wildman–Crippen LogP) is 2.79. The topological polar surface area (TPSA) is 54.5 Å². The number of rotatable bonds is 6. The van der Waals surface area contributed by atoms with Crippen LogP contribution in [0.2, 0.25) is 0 Å². The van der Waals surface area contributed by atoms with E-state index >= 15 is 0 Å². The van der Waals surface area contributed by atoms with Gasteiger partial charge in [-0.25, -0.2) is 4.98 Å². The van der Waals surface area contributed by atoms with Gasteiger partial charge >= 0.3 is 0 Å². The molecule has 0 bridgehead atoms. The first kappa shape index (κ1) is 16.9. The van der Waals surface area contributed by atoms with Crippen LogP contribution in [-0.2, 0) is 6.54 Å². The second kappa shape index (κ2) is 8.26. The van der Waals surface area contributed by atoms with Gasteiger partial charge in [0.15, 0.2) is 0 Å². The maximum absolute atomic E-state index is 12.4. The van der Waals surface area contributed by atoms with Crippen molar-refractivity contribution in [3.05, 3.63) is 46.3 Å². The van der Waals surface area contributed by atoms with Gasteiger partial charge in [0.1, 0.15) is 5.56 Å². The molecule has 0 aliphatic carbocycles. The molecule has 1 saturated heterocycles. The molecule has 0 saturated carbocycles. The minimum absolute atomic E-state index is 0.115. The summed E-state index contributed by atoms with van der Waals surface area (Å²) in [6.45, 7) is 3.87. The first-order chi connectivity index (χ1) is 11.8. The molecule has 1 fully saturated rings. The molecule has 3 heterocycles. The van der Waals surface area contributed by atoms with E-state index < -0.39 is 0 Å². The lowest BCUT2D eigenvalue weighted by molar-refractivity contribution is 0.0927. The van der Waals surface area contributed by atoms with Crippen LogP contribution in [-0.4, -0.2) is 42.5 Å². The molecular weight excluding hydrogens is 322 g/mol. The Balaban J connectivity index is 1.51. The van der Waals surface area contributed by atoms with E-state index in [9.17, 15) is 4.79 Å². The number of likely N-dealkylation sites (tertiary alicyclic amines) is 1. The molecule has 24 heavy (non-hydrogen) atoms. The van der Waals surface area contributed by atoms with E-state index in [1.54, 1.807) is 29.7 Å². The van der Waals surface area contributed by atoms with Crippen LogP contribution in [0.5, 0.6) is 5.88 Å². The fourth-order valence-corrected chi connectivity index (χ4v) is 3.89. The molecule has 0 radical (unpaired) electrons. The average molecular weight is 345 g/mol. The Morgan fingerprint density at radius 2 is 2.38 bits per heavy atom. The van der Waals surface area contributed by atoms with E-state index in [2.05, 4.69) is 32.7 Å². The Morgan fingerprint density at radius 1 is 1.46 bits per heavy atom. The third-order valence-electron chi connectivity index (χ3n) is 4.32. The molecule has 1 aliphatic heterocycles. The summed E-state index contributed by atoms with van der Waals surface area (Å²) in [6, 6.07) is 7.78. The van der Waals surface area contributed by atoms with Crippen molar-refractivity contribution < 1.29 is 9.53 Å². The fraction of sp³-hybridized carbons (Fsp3) is 0.444. The summed E-state index contributed by atoms with van der Waals surface area (Å²) in [5.74, 6) is 0.749. The van der Waals surface area contributed by atoms with Crippen LogP contribution >= 0.6 is 11.3 Å². The van der Waals surface area contributed by atoms with Crippen molar-refractivity contribution in [2.45, 2.75) is 19.4 Å². The van der Waals surface area contributed by atoms with Crippen LogP contribution in [0.15, 0.2) is 35.8 Å². The number of carbonyl (C=O) groups is 1. The number of nitrogens with zero attached hydrogens (tertiary/aromatic N) is 2. The molecule has 1 amide bonds. The van der Waals surface area contributed by atoms with E-state index in [0.717, 1.165) is 26.1 Å². The van der Waals surface area contributed by atoms with Gasteiger partial charge in [0.05, 0.1) is 7.11 Å². The van der Waals surface area contributed by atoms with Crippen LogP contribution in [0.1, 0.15) is 28.1 Å². The number of thiophene rings is 1. The van der Waals surface area contributed by atoms with Crippen LogP contribution in [0.3, 0.4) is 0 Å². The maximum atomic E-state index is 12.4. The highest BCUT2D eigenvalue weighted by Crippen LogP contribution is 2.20. The second-order valence-electron chi connectivity index (χ2n) is 6.09. The number of hydrogen-bond donors (Lipinski definition) is 1. The molecule has 1 N–H and O–H groups in total. The van der Waals surface area contributed by atoms with Crippen LogP contribution in [0, 0.1) is 5.92 Å². The van der Waals surface area contributed by atoms with Crippen molar-refractivity contribution in [1.82, 2.24) is 15.2 Å². The molecular formula is C18H23N3O2S. The summed E-state index contributed by atoms with van der Waals surface area (Å²) in [5.41, 5.74) is 0.492. The van der Waals surface area contributed by atoms with Gasteiger partial charge in [0.25, 0.3) is 5.91 Å². The zero-order chi connectivity index (χ0) is 16.8. The summed E-state index contributed by atoms with van der Waals surface area (Å²) in [7, 11) is 1.53. The molecule has 0 spiro atoms. The van der Waals surface area contributed by atoms with Crippen molar-refractivity contribution >= 4 is 17.2 Å². The minimum atomic E-state index is -0.115. The quantitative estimate of drug-likeness (QED) is 0.875. The highest BCUT2D eigenvalue weighted by atomic mass is 32.1. The monoisotopic (exact) mass is 345 g/mol. The Morgan fingerprint density at radius 3 is 3.17 bits per heavy atom. The van der Waals surface area contributed by atoms with Crippen LogP contribution in [0.25, 0.3) is 0 Å². The number of nitrogens with one attached hydrogen (secondary N) is 1. The van der Waals surface area contributed by atoms with E-state index in [-0.39, 0.29) is 5.91 Å². The predicted molar refractivity (Wildman–Crippen MR) is 95.4 cm³/mol. The highest BCUT2D eigenvalue weighted by molar-refractivity contribution is 7.09. The van der Waals surface area contributed by atoms with Crippen molar-refractivity contribution in [1.29, 1.82) is 0 Å². The molecule has 1 unspecified atom stereocenters. The van der Waals surface area contributed by atoms with Crippen LogP contribution in [0.4, 0.5) is 0 Å². The summed E-state index contributed by atoms with van der Waals surface area (Å²) in [5, 5.41) is 5.16. The fourth-order valence-electron chi connectivity index (χ4n) is 3.14. The Hall–Kier alpha value is -1.92. The summed E-state index contributed by atoms with van der Waals surface area (Å²) >= 11 is 1.81. The standard InChI is InChI=1S/C18H23N3O2S/c1-23-18-16(7-2-8-19-18)17(22)20-11-14-5-3-9-21(12-14)13-15-6-4-10-24-15/h2,4,6-8,10,14H,3,5,9,11-13H2,1H3,(H,20,22). The lowest BCUT2D eigenvalue weighted by Gasteiger charge is -2.32. The largest absolute Gasteiger partial charge is 0.480 e. The molecule has 5 nitrogen and oxygen atoms in total. The maximum Gasteiger partial charge on any atom is 0.256 e. The van der Waals surface area contributed by atoms with Gasteiger partial charge in [0, 0.05) is 30.7 Å². The Kier molecular flexibility index (Phi) is 5.82. The molecule has 3 rings (SSSR count). The van der Waals surface area contributed by atoms with Gasteiger partial charge in [-0.05, 0) is 48.9 Å².